The number of nitrogens with zero attached hydrogens (tertiary/aromatic N) is 1. The van der Waals surface area contributed by atoms with E-state index in [0.29, 0.717) is 29.3 Å². The molecule has 1 aromatic heterocycles. The van der Waals surface area contributed by atoms with Gasteiger partial charge in [-0.2, -0.15) is 17.5 Å². The maximum atomic E-state index is 13.1. The normalized spacial score (nSPS) is 16.8. The predicted octanol–water partition coefficient (Wildman–Crippen LogP) is 6.35. The Hall–Kier alpha value is -2.40. The van der Waals surface area contributed by atoms with Gasteiger partial charge >= 0.3 is 6.18 Å². The van der Waals surface area contributed by atoms with E-state index in [1.54, 1.807) is 24.3 Å². The molecule has 3 aromatic rings. The standard InChI is InChI=1S/C25H23ClF3NO4S2/c26-23-13-14-24(35-23)36(32,33)30-15-3-6-21(30)22(31)12-9-17-7-10-19(11-8-17)34-16-18-4-1-2-5-20(18)25(27,28)29/h1-2,4-5,7-8,10-11,13-14,21H,3,6,9,12,15-16H2/t21-/m0/s1. The van der Waals surface area contributed by atoms with Crippen molar-refractivity contribution in [1.29, 1.82) is 0 Å². The molecular formula is C25H23ClF3NO4S2. The number of sulfonamides is 1. The van der Waals surface area contributed by atoms with Crippen molar-refractivity contribution in [2.45, 2.75) is 48.7 Å². The Morgan fingerprint density at radius 2 is 1.81 bits per heavy atom. The zero-order valence-electron chi connectivity index (χ0n) is 19.0. The fraction of sp³-hybridized carbons (Fsp3) is 0.320. The van der Waals surface area contributed by atoms with Crippen LogP contribution in [-0.2, 0) is 34.0 Å². The van der Waals surface area contributed by atoms with Gasteiger partial charge in [-0.3, -0.25) is 4.79 Å². The van der Waals surface area contributed by atoms with Gasteiger partial charge in [0.15, 0.2) is 5.78 Å². The third-order valence-corrected chi connectivity index (χ3v) is 9.59. The van der Waals surface area contributed by atoms with Gasteiger partial charge in [0.25, 0.3) is 10.0 Å². The minimum atomic E-state index is -4.46. The van der Waals surface area contributed by atoms with E-state index in [1.165, 1.54) is 34.6 Å². The third kappa shape index (κ3) is 6.11. The van der Waals surface area contributed by atoms with Crippen LogP contribution >= 0.6 is 22.9 Å². The van der Waals surface area contributed by atoms with Crippen molar-refractivity contribution < 1.29 is 31.1 Å². The van der Waals surface area contributed by atoms with E-state index in [0.717, 1.165) is 23.0 Å². The van der Waals surface area contributed by atoms with Gasteiger partial charge in [0.2, 0.25) is 0 Å². The Bertz CT molecular complexity index is 1320. The zero-order valence-corrected chi connectivity index (χ0v) is 21.4. The third-order valence-electron chi connectivity index (χ3n) is 5.99. The highest BCUT2D eigenvalue weighted by Crippen LogP contribution is 2.34. The topological polar surface area (TPSA) is 63.7 Å². The van der Waals surface area contributed by atoms with Crippen LogP contribution in [0.5, 0.6) is 5.75 Å². The van der Waals surface area contributed by atoms with Crippen molar-refractivity contribution in [3.63, 3.8) is 0 Å². The van der Waals surface area contributed by atoms with E-state index in [4.69, 9.17) is 16.3 Å². The van der Waals surface area contributed by atoms with Gasteiger partial charge in [0.1, 0.15) is 16.6 Å². The second kappa shape index (κ2) is 10.9. The second-order valence-corrected chi connectivity index (χ2v) is 12.2. The SMILES string of the molecule is O=C(CCc1ccc(OCc2ccccc2C(F)(F)F)cc1)[C@@H]1CCCN1S(=O)(=O)c1ccc(Cl)s1. The summed E-state index contributed by atoms with van der Waals surface area (Å²) in [5.41, 5.74) is 0.148. The smallest absolute Gasteiger partial charge is 0.416 e. The predicted molar refractivity (Wildman–Crippen MR) is 132 cm³/mol. The number of hydrogen-bond donors (Lipinski definition) is 0. The number of aryl methyl sites for hydroxylation is 1. The first-order valence-corrected chi connectivity index (χ1v) is 13.9. The molecule has 1 fully saturated rings. The van der Waals surface area contributed by atoms with E-state index in [-0.39, 0.29) is 35.1 Å². The van der Waals surface area contributed by atoms with Gasteiger partial charge in [0.05, 0.1) is 15.9 Å². The molecule has 0 N–H and O–H groups in total. The minimum Gasteiger partial charge on any atom is -0.489 e. The van der Waals surface area contributed by atoms with Gasteiger partial charge in [-0.15, -0.1) is 11.3 Å². The number of rotatable bonds is 9. The van der Waals surface area contributed by atoms with Crippen LogP contribution in [0.2, 0.25) is 4.34 Å². The van der Waals surface area contributed by atoms with Crippen molar-refractivity contribution in [1.82, 2.24) is 4.31 Å². The number of ketones is 1. The number of thiophene rings is 1. The van der Waals surface area contributed by atoms with Crippen molar-refractivity contribution in [2.24, 2.45) is 0 Å². The van der Waals surface area contributed by atoms with Crippen LogP contribution in [0, 0.1) is 0 Å². The maximum absolute atomic E-state index is 13.1. The second-order valence-electron chi connectivity index (χ2n) is 8.39. The average molecular weight is 558 g/mol. The summed E-state index contributed by atoms with van der Waals surface area (Å²) in [6, 6.07) is 14.3. The molecule has 11 heteroatoms. The molecule has 1 aliphatic heterocycles. The van der Waals surface area contributed by atoms with E-state index in [9.17, 15) is 26.4 Å². The lowest BCUT2D eigenvalue weighted by Crippen LogP contribution is -2.40. The lowest BCUT2D eigenvalue weighted by atomic mass is 10.0. The number of carbonyl (C=O) groups excluding carboxylic acids is 1. The number of benzene rings is 2. The van der Waals surface area contributed by atoms with Crippen molar-refractivity contribution in [3.8, 4) is 5.75 Å². The summed E-state index contributed by atoms with van der Waals surface area (Å²) < 4.78 is 72.7. The Balaban J connectivity index is 1.33. The fourth-order valence-electron chi connectivity index (χ4n) is 4.17. The van der Waals surface area contributed by atoms with Crippen LogP contribution in [0.4, 0.5) is 13.2 Å². The monoisotopic (exact) mass is 557 g/mol. The number of ether oxygens (including phenoxy) is 1. The fourth-order valence-corrected chi connectivity index (χ4v) is 7.46. The van der Waals surface area contributed by atoms with Gasteiger partial charge in [-0.05, 0) is 55.2 Å². The van der Waals surface area contributed by atoms with Crippen molar-refractivity contribution in [3.05, 3.63) is 81.7 Å². The number of halogens is 4. The number of alkyl halides is 3. The maximum Gasteiger partial charge on any atom is 0.416 e. The highest BCUT2D eigenvalue weighted by Gasteiger charge is 2.39. The lowest BCUT2D eigenvalue weighted by molar-refractivity contribution is -0.138. The quantitative estimate of drug-likeness (QED) is 0.307. The molecule has 1 atom stereocenters. The number of carbonyl (C=O) groups is 1. The Morgan fingerprint density at radius 1 is 1.08 bits per heavy atom. The molecule has 1 saturated heterocycles. The first kappa shape index (κ1) is 26.7. The summed E-state index contributed by atoms with van der Waals surface area (Å²) in [6.45, 7) is 0.0622. The first-order valence-electron chi connectivity index (χ1n) is 11.2. The van der Waals surface area contributed by atoms with Crippen molar-refractivity contribution in [2.75, 3.05) is 6.54 Å². The molecule has 1 aliphatic rings. The van der Waals surface area contributed by atoms with Gasteiger partial charge < -0.3 is 4.74 Å². The number of Topliss-reactive ketones (excluding diaryl/α,β-unsaturated/α-hetero) is 1. The molecule has 5 nitrogen and oxygen atoms in total. The molecule has 36 heavy (non-hydrogen) atoms. The summed E-state index contributed by atoms with van der Waals surface area (Å²) >= 11 is 6.86. The van der Waals surface area contributed by atoms with E-state index in [2.05, 4.69) is 0 Å². The molecule has 0 aliphatic carbocycles. The summed E-state index contributed by atoms with van der Waals surface area (Å²) in [5, 5.41) is 0. The van der Waals surface area contributed by atoms with Gasteiger partial charge in [-0.25, -0.2) is 8.42 Å². The van der Waals surface area contributed by atoms with Gasteiger partial charge in [-0.1, -0.05) is 41.9 Å². The number of hydrogen-bond acceptors (Lipinski definition) is 5. The van der Waals surface area contributed by atoms with Crippen LogP contribution in [0.15, 0.2) is 64.9 Å². The molecular weight excluding hydrogens is 535 g/mol. The van der Waals surface area contributed by atoms with Crippen LogP contribution in [-0.4, -0.2) is 31.1 Å². The summed E-state index contributed by atoms with van der Waals surface area (Å²) in [4.78, 5) is 12.9. The Labute approximate surface area is 216 Å². The summed E-state index contributed by atoms with van der Waals surface area (Å²) in [6.07, 6.45) is -2.80. The molecule has 4 rings (SSSR count). The van der Waals surface area contributed by atoms with E-state index < -0.39 is 27.8 Å². The lowest BCUT2D eigenvalue weighted by Gasteiger charge is -2.22. The molecule has 0 unspecified atom stereocenters. The van der Waals surface area contributed by atoms with Crippen LogP contribution < -0.4 is 4.74 Å². The first-order chi connectivity index (χ1) is 17.1. The van der Waals surface area contributed by atoms with Crippen molar-refractivity contribution >= 4 is 38.7 Å². The summed E-state index contributed by atoms with van der Waals surface area (Å²) in [5.74, 6) is 0.257. The van der Waals surface area contributed by atoms with Crippen LogP contribution in [0.25, 0.3) is 0 Å². The Kier molecular flexibility index (Phi) is 8.09. The molecule has 0 radical (unpaired) electrons. The molecule has 2 aromatic carbocycles. The molecule has 0 spiro atoms. The van der Waals surface area contributed by atoms with Crippen LogP contribution in [0.1, 0.15) is 36.0 Å². The molecule has 0 bridgehead atoms. The molecule has 192 valence electrons. The Morgan fingerprint density at radius 3 is 2.47 bits per heavy atom. The highest BCUT2D eigenvalue weighted by molar-refractivity contribution is 7.91. The largest absolute Gasteiger partial charge is 0.489 e. The van der Waals surface area contributed by atoms with Gasteiger partial charge in [0, 0.05) is 18.5 Å². The van der Waals surface area contributed by atoms with E-state index in [1.807, 2.05) is 0 Å². The molecule has 0 amide bonds. The molecule has 0 saturated carbocycles. The highest BCUT2D eigenvalue weighted by atomic mass is 35.5. The minimum absolute atomic E-state index is 0.0422. The molecule has 2 heterocycles. The van der Waals surface area contributed by atoms with E-state index >= 15 is 0 Å². The zero-order chi connectivity index (χ0) is 25.9. The summed E-state index contributed by atoms with van der Waals surface area (Å²) in [7, 11) is -3.78. The van der Waals surface area contributed by atoms with Crippen LogP contribution in [0.3, 0.4) is 0 Å². The average Bonchev–Trinajstić information content (AvgIpc) is 3.52.